The molecule has 4 rings (SSSR count). The third-order valence-corrected chi connectivity index (χ3v) is 5.65. The number of aromatic amines is 1. The van der Waals surface area contributed by atoms with Crippen molar-refractivity contribution in [2.24, 2.45) is 0 Å². The van der Waals surface area contributed by atoms with E-state index in [9.17, 15) is 24.5 Å². The molecule has 0 radical (unpaired) electrons. The first kappa shape index (κ1) is 20.5. The molecule has 1 aromatic heterocycles. The van der Waals surface area contributed by atoms with Crippen molar-refractivity contribution in [2.75, 3.05) is 22.1 Å². The van der Waals surface area contributed by atoms with E-state index < -0.39 is 28.2 Å². The zero-order chi connectivity index (χ0) is 22.1. The monoisotopic (exact) mass is 426 g/mol. The van der Waals surface area contributed by atoms with Crippen molar-refractivity contribution in [1.82, 2.24) is 9.97 Å². The van der Waals surface area contributed by atoms with Gasteiger partial charge in [0, 0.05) is 36.8 Å². The van der Waals surface area contributed by atoms with Gasteiger partial charge in [0.25, 0.3) is 11.2 Å². The van der Waals surface area contributed by atoms with E-state index in [-0.39, 0.29) is 35.2 Å². The van der Waals surface area contributed by atoms with Crippen molar-refractivity contribution in [1.29, 1.82) is 0 Å². The Bertz CT molecular complexity index is 1110. The second kappa shape index (κ2) is 8.17. The predicted molar refractivity (Wildman–Crippen MR) is 113 cm³/mol. The zero-order valence-electron chi connectivity index (χ0n) is 16.9. The number of hydrogen-bond donors (Lipinski definition) is 3. The van der Waals surface area contributed by atoms with Gasteiger partial charge in [0.15, 0.2) is 0 Å². The van der Waals surface area contributed by atoms with E-state index in [2.05, 4.69) is 20.6 Å². The summed E-state index contributed by atoms with van der Waals surface area (Å²) in [6, 6.07) is 5.65. The number of nitro groups is 1. The number of non-ortho nitro benzene ring substituents is 1. The fourth-order valence-corrected chi connectivity index (χ4v) is 4.06. The van der Waals surface area contributed by atoms with Crippen molar-refractivity contribution in [3.63, 3.8) is 0 Å². The third-order valence-electron chi connectivity index (χ3n) is 5.65. The molecule has 11 nitrogen and oxygen atoms in total. The number of carbonyl (C=O) groups excluding carboxylic acids is 2. The lowest BCUT2D eigenvalue weighted by Crippen LogP contribution is -2.41. The van der Waals surface area contributed by atoms with E-state index in [1.807, 2.05) is 11.8 Å². The number of benzene rings is 1. The highest BCUT2D eigenvalue weighted by Gasteiger charge is 2.35. The first-order valence-electron chi connectivity index (χ1n) is 10.1. The number of amides is 2. The molecule has 0 aliphatic carbocycles. The zero-order valence-corrected chi connectivity index (χ0v) is 16.9. The van der Waals surface area contributed by atoms with Gasteiger partial charge in [0.1, 0.15) is 5.82 Å². The molecule has 2 aliphatic rings. The SMILES string of the molecule is C[C@H]1CCCCN1c1nc2c(c(=O)[nH]1)[C@@H](C(=O)Nc1cccc([N+](=O)[O-])c1)CC(=O)N2. The van der Waals surface area contributed by atoms with Gasteiger partial charge in [0.05, 0.1) is 16.4 Å². The highest BCUT2D eigenvalue weighted by molar-refractivity contribution is 6.04. The van der Waals surface area contributed by atoms with Crippen LogP contribution in [0.5, 0.6) is 0 Å². The highest BCUT2D eigenvalue weighted by Crippen LogP contribution is 2.31. The summed E-state index contributed by atoms with van der Waals surface area (Å²) >= 11 is 0. The molecule has 162 valence electrons. The second-order valence-corrected chi connectivity index (χ2v) is 7.79. The van der Waals surface area contributed by atoms with Crippen LogP contribution in [0.2, 0.25) is 0 Å². The number of aromatic nitrogens is 2. The molecule has 0 spiro atoms. The van der Waals surface area contributed by atoms with E-state index in [1.165, 1.54) is 24.3 Å². The van der Waals surface area contributed by atoms with Crippen molar-refractivity contribution in [3.05, 3.63) is 50.3 Å². The number of nitrogens with one attached hydrogen (secondary N) is 3. The van der Waals surface area contributed by atoms with Gasteiger partial charge in [-0.1, -0.05) is 6.07 Å². The minimum absolute atomic E-state index is 0.0759. The van der Waals surface area contributed by atoms with Gasteiger partial charge in [-0.3, -0.25) is 29.5 Å². The molecular weight excluding hydrogens is 404 g/mol. The number of fused-ring (bicyclic) bond motifs is 1. The average Bonchev–Trinajstić information content (AvgIpc) is 2.73. The van der Waals surface area contributed by atoms with Gasteiger partial charge < -0.3 is 15.5 Å². The van der Waals surface area contributed by atoms with Crippen molar-refractivity contribution >= 4 is 35.0 Å². The molecule has 3 heterocycles. The summed E-state index contributed by atoms with van der Waals surface area (Å²) in [6.45, 7) is 2.79. The molecule has 2 aliphatic heterocycles. The lowest BCUT2D eigenvalue weighted by molar-refractivity contribution is -0.384. The van der Waals surface area contributed by atoms with Crippen LogP contribution in [-0.4, -0.2) is 39.3 Å². The summed E-state index contributed by atoms with van der Waals surface area (Å²) in [5, 5.41) is 16.1. The number of carbonyl (C=O) groups is 2. The Labute approximate surface area is 177 Å². The van der Waals surface area contributed by atoms with Crippen LogP contribution < -0.4 is 21.1 Å². The fraction of sp³-hybridized carbons (Fsp3) is 0.400. The molecule has 0 saturated carbocycles. The summed E-state index contributed by atoms with van der Waals surface area (Å²) in [6.07, 6.45) is 2.83. The van der Waals surface area contributed by atoms with Crippen LogP contribution in [0.15, 0.2) is 29.1 Å². The molecular formula is C20H22N6O5. The molecule has 31 heavy (non-hydrogen) atoms. The number of piperidine rings is 1. The van der Waals surface area contributed by atoms with Crippen LogP contribution in [0.1, 0.15) is 44.1 Å². The normalized spacial score (nSPS) is 20.5. The predicted octanol–water partition coefficient (Wildman–Crippen LogP) is 2.12. The Morgan fingerprint density at radius 1 is 1.32 bits per heavy atom. The molecule has 2 amide bonds. The average molecular weight is 426 g/mol. The summed E-state index contributed by atoms with van der Waals surface area (Å²) in [7, 11) is 0. The number of H-pyrrole nitrogens is 1. The molecule has 0 unspecified atom stereocenters. The van der Waals surface area contributed by atoms with E-state index >= 15 is 0 Å². The summed E-state index contributed by atoms with van der Waals surface area (Å²) in [5.74, 6) is -1.65. The van der Waals surface area contributed by atoms with Gasteiger partial charge in [-0.15, -0.1) is 0 Å². The van der Waals surface area contributed by atoms with Crippen LogP contribution in [0, 0.1) is 10.1 Å². The number of nitrogens with zero attached hydrogens (tertiary/aromatic N) is 3. The Morgan fingerprint density at radius 2 is 2.13 bits per heavy atom. The molecule has 2 atom stereocenters. The largest absolute Gasteiger partial charge is 0.340 e. The van der Waals surface area contributed by atoms with Crippen molar-refractivity contribution in [2.45, 2.75) is 44.6 Å². The van der Waals surface area contributed by atoms with E-state index in [0.717, 1.165) is 25.8 Å². The summed E-state index contributed by atoms with van der Waals surface area (Å²) < 4.78 is 0. The van der Waals surface area contributed by atoms with Crippen LogP contribution in [0.25, 0.3) is 0 Å². The van der Waals surface area contributed by atoms with Crippen LogP contribution in [0.3, 0.4) is 0 Å². The van der Waals surface area contributed by atoms with E-state index in [4.69, 9.17) is 0 Å². The molecule has 2 aromatic rings. The maximum atomic E-state index is 12.9. The Balaban J connectivity index is 1.65. The molecule has 1 aromatic carbocycles. The van der Waals surface area contributed by atoms with Gasteiger partial charge in [-0.2, -0.15) is 4.98 Å². The Kier molecular flexibility index (Phi) is 5.40. The second-order valence-electron chi connectivity index (χ2n) is 7.79. The standard InChI is InChI=1S/C20H22N6O5/c1-11-5-2-3-8-25(11)20-23-17-16(19(29)24-20)14(10-15(27)22-17)18(28)21-12-6-4-7-13(9-12)26(30)31/h4,6-7,9,11,14H,2-3,5,8,10H2,1H3,(H,21,28)(H2,22,23,24,27,29)/t11-,14-/m0/s1. The molecule has 1 fully saturated rings. The number of anilines is 3. The molecule has 3 N–H and O–H groups in total. The lowest BCUT2D eigenvalue weighted by atomic mass is 9.92. The van der Waals surface area contributed by atoms with Gasteiger partial charge in [-0.05, 0) is 32.3 Å². The van der Waals surface area contributed by atoms with E-state index in [0.29, 0.717) is 5.95 Å². The molecule has 0 bridgehead atoms. The minimum atomic E-state index is -1.06. The fourth-order valence-electron chi connectivity index (χ4n) is 4.06. The molecule has 1 saturated heterocycles. The van der Waals surface area contributed by atoms with Gasteiger partial charge in [0.2, 0.25) is 17.8 Å². The number of nitro benzene ring substituents is 1. The van der Waals surface area contributed by atoms with Crippen molar-refractivity contribution < 1.29 is 14.5 Å². The van der Waals surface area contributed by atoms with Crippen molar-refractivity contribution in [3.8, 4) is 0 Å². The van der Waals surface area contributed by atoms with Gasteiger partial charge >= 0.3 is 0 Å². The summed E-state index contributed by atoms with van der Waals surface area (Å²) in [4.78, 5) is 57.6. The maximum absolute atomic E-state index is 12.9. The first-order chi connectivity index (χ1) is 14.8. The van der Waals surface area contributed by atoms with Gasteiger partial charge in [-0.25, -0.2) is 0 Å². The quantitative estimate of drug-likeness (QED) is 0.500. The molecule has 11 heteroatoms. The Morgan fingerprint density at radius 3 is 2.87 bits per heavy atom. The lowest BCUT2D eigenvalue weighted by Gasteiger charge is -2.34. The first-order valence-corrected chi connectivity index (χ1v) is 10.1. The number of rotatable bonds is 4. The maximum Gasteiger partial charge on any atom is 0.271 e. The topological polar surface area (TPSA) is 150 Å². The van der Waals surface area contributed by atoms with E-state index in [1.54, 1.807) is 0 Å². The van der Waals surface area contributed by atoms with Crippen LogP contribution in [-0.2, 0) is 9.59 Å². The highest BCUT2D eigenvalue weighted by atomic mass is 16.6. The number of hydrogen-bond acceptors (Lipinski definition) is 7. The third kappa shape index (κ3) is 4.11. The van der Waals surface area contributed by atoms with Crippen LogP contribution in [0.4, 0.5) is 23.1 Å². The van der Waals surface area contributed by atoms with Crippen LogP contribution >= 0.6 is 0 Å². The minimum Gasteiger partial charge on any atom is -0.340 e. The summed E-state index contributed by atoms with van der Waals surface area (Å²) in [5.41, 5.74) is -0.387. The smallest absolute Gasteiger partial charge is 0.271 e. The Hall–Kier alpha value is -3.76.